The molecule has 0 bridgehead atoms. The number of imide groups is 1. The largest absolute Gasteiger partial charge is 0.451 e. The summed E-state index contributed by atoms with van der Waals surface area (Å²) in [6.07, 6.45) is 2.19. The predicted molar refractivity (Wildman–Crippen MR) is 102 cm³/mol. The van der Waals surface area contributed by atoms with Crippen molar-refractivity contribution in [3.63, 3.8) is 0 Å². The lowest BCUT2D eigenvalue weighted by atomic mass is 9.81. The quantitative estimate of drug-likeness (QED) is 0.619. The first-order chi connectivity index (χ1) is 13.3. The Morgan fingerprint density at radius 2 is 1.64 bits per heavy atom. The summed E-state index contributed by atoms with van der Waals surface area (Å²) in [4.78, 5) is 50.5. The van der Waals surface area contributed by atoms with Crippen LogP contribution in [0.1, 0.15) is 43.7 Å². The molecule has 3 amide bonds. The molecule has 1 aromatic rings. The number of likely N-dealkylation sites (tertiary alicyclic amines) is 1. The fourth-order valence-corrected chi connectivity index (χ4v) is 4.04. The van der Waals surface area contributed by atoms with Crippen LogP contribution in [0.2, 0.25) is 0 Å². The van der Waals surface area contributed by atoms with Gasteiger partial charge in [0.25, 0.3) is 5.91 Å². The van der Waals surface area contributed by atoms with Crippen molar-refractivity contribution in [3.8, 4) is 0 Å². The highest BCUT2D eigenvalue weighted by atomic mass is 16.5. The second kappa shape index (κ2) is 8.12. The number of benzene rings is 1. The number of carbonyl (C=O) groups excluding carboxylic acids is 4. The number of nitrogens with one attached hydrogen (secondary N) is 1. The Hall–Kier alpha value is -2.70. The van der Waals surface area contributed by atoms with Crippen LogP contribution in [-0.4, -0.2) is 41.2 Å². The maximum absolute atomic E-state index is 12.4. The number of fused-ring (bicyclic) bond motifs is 1. The van der Waals surface area contributed by atoms with E-state index in [0.29, 0.717) is 18.5 Å². The molecule has 2 aliphatic rings. The summed E-state index contributed by atoms with van der Waals surface area (Å²) in [6.45, 7) is 4.78. The van der Waals surface area contributed by atoms with Crippen molar-refractivity contribution in [1.82, 2.24) is 4.90 Å². The Labute approximate surface area is 164 Å². The van der Waals surface area contributed by atoms with E-state index in [9.17, 15) is 19.2 Å². The summed E-state index contributed by atoms with van der Waals surface area (Å²) in [7, 11) is 0. The number of anilines is 1. The summed E-state index contributed by atoms with van der Waals surface area (Å²) < 4.78 is 5.18. The summed E-state index contributed by atoms with van der Waals surface area (Å²) in [5, 5.41) is 2.77. The van der Waals surface area contributed by atoms with Gasteiger partial charge in [-0.05, 0) is 44.7 Å². The van der Waals surface area contributed by atoms with Crippen LogP contribution in [0.3, 0.4) is 0 Å². The molecule has 3 unspecified atom stereocenters. The first-order valence-corrected chi connectivity index (χ1v) is 9.71. The Balaban J connectivity index is 1.58. The van der Waals surface area contributed by atoms with Gasteiger partial charge in [-0.15, -0.1) is 0 Å². The van der Waals surface area contributed by atoms with E-state index in [-0.39, 0.29) is 23.7 Å². The van der Waals surface area contributed by atoms with Gasteiger partial charge in [0.2, 0.25) is 11.8 Å². The van der Waals surface area contributed by atoms with E-state index in [2.05, 4.69) is 5.32 Å². The zero-order valence-corrected chi connectivity index (χ0v) is 16.5. The minimum Gasteiger partial charge on any atom is -0.451 e. The molecule has 3 atom stereocenters. The van der Waals surface area contributed by atoms with Gasteiger partial charge >= 0.3 is 5.97 Å². The van der Waals surface area contributed by atoms with Gasteiger partial charge in [0.1, 0.15) is 6.54 Å². The molecule has 1 aromatic carbocycles. The molecule has 2 fully saturated rings. The molecule has 7 heteroatoms. The Kier molecular flexibility index (Phi) is 5.82. The van der Waals surface area contributed by atoms with Crippen molar-refractivity contribution in [2.45, 2.75) is 52.6 Å². The van der Waals surface area contributed by atoms with Gasteiger partial charge in [0.05, 0.1) is 11.8 Å². The summed E-state index contributed by atoms with van der Waals surface area (Å²) in [5.41, 5.74) is 2.50. The summed E-state index contributed by atoms with van der Waals surface area (Å²) in [6, 6.07) is 5.65. The molecule has 1 aliphatic carbocycles. The molecule has 0 aromatic heterocycles. The van der Waals surface area contributed by atoms with E-state index in [0.717, 1.165) is 28.9 Å². The van der Waals surface area contributed by atoms with Crippen LogP contribution in [0.15, 0.2) is 18.2 Å². The third-order valence-corrected chi connectivity index (χ3v) is 5.63. The highest BCUT2D eigenvalue weighted by molar-refractivity contribution is 6.07. The number of carbonyl (C=O) groups is 4. The number of amides is 3. The maximum atomic E-state index is 12.4. The first kappa shape index (κ1) is 20.0. The topological polar surface area (TPSA) is 92.8 Å². The lowest BCUT2D eigenvalue weighted by molar-refractivity contribution is -0.158. The highest BCUT2D eigenvalue weighted by Gasteiger charge is 2.48. The molecule has 3 rings (SSSR count). The van der Waals surface area contributed by atoms with Crippen molar-refractivity contribution >= 4 is 29.4 Å². The number of nitrogens with zero attached hydrogens (tertiary/aromatic N) is 1. The van der Waals surface area contributed by atoms with Crippen LogP contribution in [0.25, 0.3) is 0 Å². The van der Waals surface area contributed by atoms with Crippen LogP contribution in [0.4, 0.5) is 5.69 Å². The molecule has 1 saturated heterocycles. The number of hydrogen-bond acceptors (Lipinski definition) is 5. The first-order valence-electron chi connectivity index (χ1n) is 9.71. The molecule has 1 heterocycles. The third kappa shape index (κ3) is 3.93. The molecule has 1 aliphatic heterocycles. The average Bonchev–Trinajstić information content (AvgIpc) is 2.90. The van der Waals surface area contributed by atoms with Crippen LogP contribution in [-0.2, 0) is 23.9 Å². The van der Waals surface area contributed by atoms with Gasteiger partial charge < -0.3 is 10.1 Å². The Morgan fingerprint density at radius 3 is 2.18 bits per heavy atom. The van der Waals surface area contributed by atoms with Gasteiger partial charge in [0.15, 0.2) is 6.10 Å². The fraction of sp³-hybridized carbons (Fsp3) is 0.524. The normalized spacial score (nSPS) is 22.6. The summed E-state index contributed by atoms with van der Waals surface area (Å²) >= 11 is 0. The fourth-order valence-electron chi connectivity index (χ4n) is 4.04. The van der Waals surface area contributed by atoms with Crippen molar-refractivity contribution in [2.75, 3.05) is 11.9 Å². The van der Waals surface area contributed by atoms with Crippen LogP contribution < -0.4 is 5.32 Å². The minimum absolute atomic E-state index is 0.292. The summed E-state index contributed by atoms with van der Waals surface area (Å²) in [5.74, 6) is -2.42. The average molecular weight is 386 g/mol. The molecule has 0 spiro atoms. The zero-order chi connectivity index (χ0) is 20.4. The number of hydrogen-bond donors (Lipinski definition) is 1. The number of esters is 1. The second-order valence-corrected chi connectivity index (χ2v) is 7.65. The molecule has 1 N–H and O–H groups in total. The van der Waals surface area contributed by atoms with E-state index < -0.39 is 24.5 Å². The van der Waals surface area contributed by atoms with Crippen molar-refractivity contribution in [1.29, 1.82) is 0 Å². The lowest BCUT2D eigenvalue weighted by Crippen LogP contribution is -2.39. The van der Waals surface area contributed by atoms with E-state index in [1.165, 1.54) is 6.92 Å². The number of aryl methyl sites for hydroxylation is 2. The van der Waals surface area contributed by atoms with E-state index in [1.54, 1.807) is 0 Å². The molecule has 1 saturated carbocycles. The van der Waals surface area contributed by atoms with Gasteiger partial charge in [-0.2, -0.15) is 0 Å². The van der Waals surface area contributed by atoms with Crippen molar-refractivity contribution in [3.05, 3.63) is 29.3 Å². The van der Waals surface area contributed by atoms with Gasteiger partial charge in [-0.1, -0.05) is 31.0 Å². The Morgan fingerprint density at radius 1 is 1.11 bits per heavy atom. The third-order valence-electron chi connectivity index (χ3n) is 5.63. The van der Waals surface area contributed by atoms with Gasteiger partial charge in [0, 0.05) is 5.69 Å². The SMILES string of the molecule is Cc1cccc(C)c1NC(=O)C(C)OC(=O)CN1C(=O)C2CCCCC2C1=O. The van der Waals surface area contributed by atoms with E-state index in [1.807, 2.05) is 32.0 Å². The van der Waals surface area contributed by atoms with Crippen LogP contribution in [0, 0.1) is 25.7 Å². The zero-order valence-electron chi connectivity index (χ0n) is 16.5. The number of ether oxygens (including phenoxy) is 1. The standard InChI is InChI=1S/C21H26N2O5/c1-12-7-6-8-13(2)18(12)22-19(25)14(3)28-17(24)11-23-20(26)15-9-4-5-10-16(15)21(23)27/h6-8,14-16H,4-5,9-11H2,1-3H3,(H,22,25). The second-order valence-electron chi connectivity index (χ2n) is 7.65. The highest BCUT2D eigenvalue weighted by Crippen LogP contribution is 2.37. The smallest absolute Gasteiger partial charge is 0.326 e. The number of para-hydroxylation sites is 1. The van der Waals surface area contributed by atoms with Gasteiger partial charge in [-0.3, -0.25) is 24.1 Å². The van der Waals surface area contributed by atoms with Crippen LogP contribution in [0.5, 0.6) is 0 Å². The molecule has 28 heavy (non-hydrogen) atoms. The van der Waals surface area contributed by atoms with Gasteiger partial charge in [-0.25, -0.2) is 0 Å². The molecular formula is C21H26N2O5. The molecular weight excluding hydrogens is 360 g/mol. The van der Waals surface area contributed by atoms with Crippen molar-refractivity contribution in [2.24, 2.45) is 11.8 Å². The Bertz CT molecular complexity index is 775. The lowest BCUT2D eigenvalue weighted by Gasteiger charge is -2.19. The minimum atomic E-state index is -1.04. The molecule has 150 valence electrons. The van der Waals surface area contributed by atoms with E-state index >= 15 is 0 Å². The predicted octanol–water partition coefficient (Wildman–Crippen LogP) is 2.35. The molecule has 7 nitrogen and oxygen atoms in total. The monoisotopic (exact) mass is 386 g/mol. The number of rotatable bonds is 5. The van der Waals surface area contributed by atoms with Crippen LogP contribution >= 0.6 is 0 Å². The van der Waals surface area contributed by atoms with Crippen molar-refractivity contribution < 1.29 is 23.9 Å². The maximum Gasteiger partial charge on any atom is 0.326 e. The molecule has 0 radical (unpaired) electrons. The van der Waals surface area contributed by atoms with E-state index in [4.69, 9.17) is 4.74 Å².